The van der Waals surface area contributed by atoms with E-state index in [4.69, 9.17) is 21.5 Å². The van der Waals surface area contributed by atoms with Crippen LogP contribution in [0.2, 0.25) is 5.02 Å². The molecule has 0 unspecified atom stereocenters. The van der Waals surface area contributed by atoms with Crippen molar-refractivity contribution in [1.29, 1.82) is 0 Å². The lowest BCUT2D eigenvalue weighted by Gasteiger charge is -2.12. The molecule has 3 nitrogen and oxygen atoms in total. The van der Waals surface area contributed by atoms with Crippen molar-refractivity contribution in [2.45, 2.75) is 19.0 Å². The largest absolute Gasteiger partial charge is 0.456 e. The molecule has 3 rings (SSSR count). The van der Waals surface area contributed by atoms with Crippen LogP contribution in [-0.4, -0.2) is 10.9 Å². The first-order chi connectivity index (χ1) is 10.9. The van der Waals surface area contributed by atoms with Gasteiger partial charge in [0.1, 0.15) is 11.5 Å². The summed E-state index contributed by atoms with van der Waals surface area (Å²) in [6.07, 6.45) is -3.10. The Morgan fingerprint density at radius 3 is 2.52 bits per heavy atom. The summed E-state index contributed by atoms with van der Waals surface area (Å²) < 4.78 is 43.4. The first kappa shape index (κ1) is 15.7. The van der Waals surface area contributed by atoms with Gasteiger partial charge in [0.25, 0.3) is 0 Å². The second-order valence-corrected chi connectivity index (χ2v) is 5.52. The minimum Gasteiger partial charge on any atom is -0.456 e. The van der Waals surface area contributed by atoms with Gasteiger partial charge in [0.05, 0.1) is 16.3 Å². The predicted molar refractivity (Wildman–Crippen MR) is 79.6 cm³/mol. The zero-order chi connectivity index (χ0) is 16.6. The molecule has 120 valence electrons. The van der Waals surface area contributed by atoms with Gasteiger partial charge in [-0.1, -0.05) is 16.8 Å². The van der Waals surface area contributed by atoms with Crippen LogP contribution in [0.15, 0.2) is 41.6 Å². The van der Waals surface area contributed by atoms with E-state index in [0.717, 1.165) is 23.3 Å². The highest BCUT2D eigenvalue weighted by molar-refractivity contribution is 6.32. The van der Waals surface area contributed by atoms with Crippen LogP contribution in [0.25, 0.3) is 0 Å². The van der Waals surface area contributed by atoms with Crippen LogP contribution in [0.3, 0.4) is 0 Å². The lowest BCUT2D eigenvalue weighted by atomic mass is 10.1. The first-order valence-corrected chi connectivity index (χ1v) is 7.15. The van der Waals surface area contributed by atoms with E-state index in [0.29, 0.717) is 24.3 Å². The molecule has 0 amide bonds. The SMILES string of the molecule is O/N=C1\CCc2cc(Oc3ccc(C(F)(F)F)cc3Cl)ccc21. The van der Waals surface area contributed by atoms with Gasteiger partial charge in [-0.25, -0.2) is 0 Å². The van der Waals surface area contributed by atoms with Crippen LogP contribution < -0.4 is 4.74 Å². The summed E-state index contributed by atoms with van der Waals surface area (Å²) >= 11 is 5.87. The molecule has 0 atom stereocenters. The third kappa shape index (κ3) is 3.12. The molecule has 1 N–H and O–H groups in total. The van der Waals surface area contributed by atoms with Gasteiger partial charge in [0.2, 0.25) is 0 Å². The molecular weight excluding hydrogens is 331 g/mol. The third-order valence-electron chi connectivity index (χ3n) is 3.63. The maximum absolute atomic E-state index is 12.6. The van der Waals surface area contributed by atoms with Crippen LogP contribution in [0.5, 0.6) is 11.5 Å². The van der Waals surface area contributed by atoms with Crippen LogP contribution in [0.4, 0.5) is 13.2 Å². The second kappa shape index (κ2) is 5.77. The van der Waals surface area contributed by atoms with E-state index >= 15 is 0 Å². The molecule has 0 spiro atoms. The summed E-state index contributed by atoms with van der Waals surface area (Å²) in [5.41, 5.74) is 1.59. The van der Waals surface area contributed by atoms with Crippen molar-refractivity contribution >= 4 is 17.3 Å². The Balaban J connectivity index is 1.86. The molecule has 0 bridgehead atoms. The molecule has 7 heteroatoms. The van der Waals surface area contributed by atoms with Crippen molar-refractivity contribution in [2.75, 3.05) is 0 Å². The standard InChI is InChI=1S/C16H11ClF3NO2/c17-13-8-10(16(18,19)20)2-6-15(13)23-11-3-4-12-9(7-11)1-5-14(12)21-22/h2-4,6-8,22H,1,5H2/b21-14+. The highest BCUT2D eigenvalue weighted by Gasteiger charge is 2.31. The summed E-state index contributed by atoms with van der Waals surface area (Å²) in [4.78, 5) is 0. The summed E-state index contributed by atoms with van der Waals surface area (Å²) in [5.74, 6) is 0.610. The molecule has 2 aromatic carbocycles. The Morgan fingerprint density at radius 2 is 1.87 bits per heavy atom. The average Bonchev–Trinajstić information content (AvgIpc) is 2.90. The molecule has 0 fully saturated rings. The number of ether oxygens (including phenoxy) is 1. The molecule has 0 heterocycles. The fraction of sp³-hybridized carbons (Fsp3) is 0.188. The Bertz CT molecular complexity index is 787. The van der Waals surface area contributed by atoms with Crippen molar-refractivity contribution < 1.29 is 23.1 Å². The minimum absolute atomic E-state index is 0.113. The van der Waals surface area contributed by atoms with Crippen molar-refractivity contribution in [1.82, 2.24) is 0 Å². The fourth-order valence-electron chi connectivity index (χ4n) is 2.50. The summed E-state index contributed by atoms with van der Waals surface area (Å²) in [7, 11) is 0. The van der Waals surface area contributed by atoms with E-state index in [1.54, 1.807) is 18.2 Å². The minimum atomic E-state index is -4.45. The molecule has 0 saturated carbocycles. The number of alkyl halides is 3. The predicted octanol–water partition coefficient (Wildman–Crippen LogP) is 5.28. The number of benzene rings is 2. The summed E-state index contributed by atoms with van der Waals surface area (Å²) in [5, 5.41) is 12.0. The third-order valence-corrected chi connectivity index (χ3v) is 3.92. The summed E-state index contributed by atoms with van der Waals surface area (Å²) in [6, 6.07) is 8.13. The number of fused-ring (bicyclic) bond motifs is 1. The molecule has 0 radical (unpaired) electrons. The number of hydrogen-bond donors (Lipinski definition) is 1. The molecule has 0 aliphatic heterocycles. The van der Waals surface area contributed by atoms with E-state index in [2.05, 4.69) is 5.16 Å². The Kier molecular flexibility index (Phi) is 3.93. The molecular formula is C16H11ClF3NO2. The molecule has 23 heavy (non-hydrogen) atoms. The highest BCUT2D eigenvalue weighted by Crippen LogP contribution is 2.37. The molecule has 1 aliphatic carbocycles. The van der Waals surface area contributed by atoms with Crippen LogP contribution in [0, 0.1) is 0 Å². The normalized spacial score (nSPS) is 15.7. The number of oxime groups is 1. The van der Waals surface area contributed by atoms with Crippen molar-refractivity contribution in [3.8, 4) is 11.5 Å². The number of aryl methyl sites for hydroxylation is 1. The number of nitrogens with zero attached hydrogens (tertiary/aromatic N) is 1. The van der Waals surface area contributed by atoms with Crippen LogP contribution >= 0.6 is 11.6 Å². The Labute approximate surface area is 134 Å². The maximum atomic E-state index is 12.6. The van der Waals surface area contributed by atoms with E-state index < -0.39 is 11.7 Å². The smallest absolute Gasteiger partial charge is 0.416 e. The van der Waals surface area contributed by atoms with E-state index in [-0.39, 0.29) is 10.8 Å². The molecule has 0 aromatic heterocycles. The molecule has 1 aliphatic rings. The topological polar surface area (TPSA) is 41.8 Å². The number of hydrogen-bond acceptors (Lipinski definition) is 3. The van der Waals surface area contributed by atoms with Gasteiger partial charge in [-0.2, -0.15) is 13.2 Å². The zero-order valence-electron chi connectivity index (χ0n) is 11.7. The Hall–Kier alpha value is -2.21. The van der Waals surface area contributed by atoms with E-state index in [1.807, 2.05) is 0 Å². The van der Waals surface area contributed by atoms with Gasteiger partial charge in [-0.05, 0) is 54.8 Å². The van der Waals surface area contributed by atoms with E-state index in [1.165, 1.54) is 6.07 Å². The Morgan fingerprint density at radius 1 is 1.09 bits per heavy atom. The van der Waals surface area contributed by atoms with E-state index in [9.17, 15) is 13.2 Å². The van der Waals surface area contributed by atoms with Gasteiger partial charge < -0.3 is 9.94 Å². The fourth-order valence-corrected chi connectivity index (χ4v) is 2.72. The monoisotopic (exact) mass is 341 g/mol. The number of halogens is 4. The lowest BCUT2D eigenvalue weighted by Crippen LogP contribution is -2.04. The summed E-state index contributed by atoms with van der Waals surface area (Å²) in [6.45, 7) is 0. The van der Waals surface area contributed by atoms with Crippen molar-refractivity contribution in [3.63, 3.8) is 0 Å². The van der Waals surface area contributed by atoms with Gasteiger partial charge in [0.15, 0.2) is 0 Å². The van der Waals surface area contributed by atoms with Crippen molar-refractivity contribution in [2.24, 2.45) is 5.16 Å². The maximum Gasteiger partial charge on any atom is 0.416 e. The zero-order valence-corrected chi connectivity index (χ0v) is 12.4. The van der Waals surface area contributed by atoms with Crippen LogP contribution in [0.1, 0.15) is 23.1 Å². The van der Waals surface area contributed by atoms with Gasteiger partial charge in [-0.15, -0.1) is 0 Å². The number of rotatable bonds is 2. The molecule has 2 aromatic rings. The quantitative estimate of drug-likeness (QED) is 0.596. The van der Waals surface area contributed by atoms with Gasteiger partial charge in [0, 0.05) is 5.56 Å². The first-order valence-electron chi connectivity index (χ1n) is 6.77. The second-order valence-electron chi connectivity index (χ2n) is 5.11. The average molecular weight is 342 g/mol. The highest BCUT2D eigenvalue weighted by atomic mass is 35.5. The van der Waals surface area contributed by atoms with Crippen LogP contribution in [-0.2, 0) is 12.6 Å². The molecule has 0 saturated heterocycles. The lowest BCUT2D eigenvalue weighted by molar-refractivity contribution is -0.137. The van der Waals surface area contributed by atoms with Gasteiger partial charge in [-0.3, -0.25) is 0 Å². The van der Waals surface area contributed by atoms with Gasteiger partial charge >= 0.3 is 6.18 Å². The van der Waals surface area contributed by atoms with Crippen molar-refractivity contribution in [3.05, 3.63) is 58.1 Å².